The van der Waals surface area contributed by atoms with Gasteiger partial charge in [-0.15, -0.1) is 0 Å². The highest BCUT2D eigenvalue weighted by molar-refractivity contribution is 5.68. The lowest BCUT2D eigenvalue weighted by atomic mass is 9.98. The molecular formula is C27H40N2O7. The molecule has 0 fully saturated rings. The molecule has 9 heteroatoms. The largest absolute Gasteiger partial charge is 0.497 e. The molecule has 2 aromatic rings. The van der Waals surface area contributed by atoms with Crippen molar-refractivity contribution in [2.45, 2.75) is 38.8 Å². The molecule has 0 heterocycles. The van der Waals surface area contributed by atoms with Gasteiger partial charge in [-0.2, -0.15) is 0 Å². The van der Waals surface area contributed by atoms with Gasteiger partial charge in [0.25, 0.3) is 0 Å². The van der Waals surface area contributed by atoms with Crippen LogP contribution in [0.15, 0.2) is 48.5 Å². The second-order valence-corrected chi connectivity index (χ2v) is 8.50. The number of carbonyl (C=O) groups excluding carboxylic acids is 1. The third-order valence-corrected chi connectivity index (χ3v) is 5.36. The van der Waals surface area contributed by atoms with Gasteiger partial charge in [0.1, 0.15) is 18.2 Å². The van der Waals surface area contributed by atoms with Crippen molar-refractivity contribution in [2.75, 3.05) is 55.4 Å². The normalized spacial score (nSPS) is 11.8. The van der Waals surface area contributed by atoms with Gasteiger partial charge in [-0.3, -0.25) is 9.80 Å². The number of carbonyl (C=O) groups is 1. The molecule has 0 aliphatic carbocycles. The van der Waals surface area contributed by atoms with Crippen LogP contribution in [0.25, 0.3) is 0 Å². The fourth-order valence-electron chi connectivity index (χ4n) is 3.60. The van der Waals surface area contributed by atoms with E-state index in [0.29, 0.717) is 13.3 Å². The summed E-state index contributed by atoms with van der Waals surface area (Å²) in [5.74, 6) is 1.46. The lowest BCUT2D eigenvalue weighted by Gasteiger charge is -2.32. The van der Waals surface area contributed by atoms with E-state index in [-0.39, 0.29) is 26.4 Å². The number of unbranched alkanes of at least 4 members (excludes halogenated alkanes) is 1. The molecule has 0 aliphatic rings. The van der Waals surface area contributed by atoms with Gasteiger partial charge in [0.2, 0.25) is 0 Å². The molecule has 36 heavy (non-hydrogen) atoms. The maximum atomic E-state index is 13.3. The SMILES string of the molecule is CCCCC(c1cccc(OC)c1)N(Cc1cccc(OC)c1)C(=O)OCOCOCOCN(C)C. The quantitative estimate of drug-likeness (QED) is 0.220. The van der Waals surface area contributed by atoms with Gasteiger partial charge in [-0.25, -0.2) is 4.79 Å². The van der Waals surface area contributed by atoms with E-state index >= 15 is 0 Å². The van der Waals surface area contributed by atoms with Crippen molar-refractivity contribution in [1.29, 1.82) is 0 Å². The minimum atomic E-state index is -0.481. The van der Waals surface area contributed by atoms with Crippen LogP contribution in [-0.2, 0) is 25.5 Å². The number of methoxy groups -OCH3 is 2. The number of nitrogens with zero attached hydrogens (tertiary/aromatic N) is 2. The topological polar surface area (TPSA) is 78.9 Å². The molecule has 1 atom stereocenters. The summed E-state index contributed by atoms with van der Waals surface area (Å²) in [7, 11) is 7.04. The minimum absolute atomic E-state index is 0.0499. The molecule has 0 saturated heterocycles. The van der Waals surface area contributed by atoms with Gasteiger partial charge >= 0.3 is 6.09 Å². The zero-order chi connectivity index (χ0) is 26.2. The average molecular weight is 505 g/mol. The third kappa shape index (κ3) is 10.4. The van der Waals surface area contributed by atoms with E-state index in [2.05, 4.69) is 6.92 Å². The first-order valence-corrected chi connectivity index (χ1v) is 12.1. The first-order chi connectivity index (χ1) is 17.5. The first kappa shape index (κ1) is 29.4. The summed E-state index contributed by atoms with van der Waals surface area (Å²) in [6, 6.07) is 15.2. The van der Waals surface area contributed by atoms with Crippen molar-refractivity contribution in [2.24, 2.45) is 0 Å². The zero-order valence-electron chi connectivity index (χ0n) is 22.1. The molecule has 2 rings (SSSR count). The van der Waals surface area contributed by atoms with E-state index < -0.39 is 6.09 Å². The number of ether oxygens (including phenoxy) is 6. The Morgan fingerprint density at radius 1 is 0.889 bits per heavy atom. The van der Waals surface area contributed by atoms with Crippen LogP contribution in [-0.4, -0.2) is 71.3 Å². The van der Waals surface area contributed by atoms with Crippen LogP contribution >= 0.6 is 0 Å². The van der Waals surface area contributed by atoms with Crippen LogP contribution in [0, 0.1) is 0 Å². The predicted octanol–water partition coefficient (Wildman–Crippen LogP) is 5.02. The number of rotatable bonds is 17. The molecule has 9 nitrogen and oxygen atoms in total. The second-order valence-electron chi connectivity index (χ2n) is 8.50. The Morgan fingerprint density at radius 2 is 1.56 bits per heavy atom. The van der Waals surface area contributed by atoms with Crippen LogP contribution < -0.4 is 9.47 Å². The van der Waals surface area contributed by atoms with E-state index in [0.717, 1.165) is 41.9 Å². The molecule has 0 aromatic heterocycles. The number of hydrogen-bond donors (Lipinski definition) is 0. The van der Waals surface area contributed by atoms with Gasteiger partial charge in [-0.05, 0) is 55.9 Å². The Labute approximate surface area is 214 Å². The van der Waals surface area contributed by atoms with Gasteiger partial charge in [0.05, 0.1) is 20.3 Å². The summed E-state index contributed by atoms with van der Waals surface area (Å²) in [4.78, 5) is 16.9. The summed E-state index contributed by atoms with van der Waals surface area (Å²) in [5, 5.41) is 0. The fourth-order valence-corrected chi connectivity index (χ4v) is 3.60. The fraction of sp³-hybridized carbons (Fsp3) is 0.519. The molecule has 1 amide bonds. The maximum absolute atomic E-state index is 13.3. The predicted molar refractivity (Wildman–Crippen MR) is 137 cm³/mol. The molecule has 0 saturated carbocycles. The monoisotopic (exact) mass is 504 g/mol. The van der Waals surface area contributed by atoms with Crippen molar-refractivity contribution >= 4 is 6.09 Å². The first-order valence-electron chi connectivity index (χ1n) is 12.1. The zero-order valence-corrected chi connectivity index (χ0v) is 22.1. The van der Waals surface area contributed by atoms with E-state index in [1.54, 1.807) is 19.1 Å². The lowest BCUT2D eigenvalue weighted by molar-refractivity contribution is -0.168. The molecule has 0 radical (unpaired) electrons. The molecule has 0 bridgehead atoms. The highest BCUT2D eigenvalue weighted by atomic mass is 16.8. The Balaban J connectivity index is 2.13. The van der Waals surface area contributed by atoms with Crippen LogP contribution in [0.1, 0.15) is 43.4 Å². The molecular weight excluding hydrogens is 464 g/mol. The molecule has 200 valence electrons. The number of benzene rings is 2. The Morgan fingerprint density at radius 3 is 2.25 bits per heavy atom. The second kappa shape index (κ2) is 16.8. The third-order valence-electron chi connectivity index (χ3n) is 5.36. The van der Waals surface area contributed by atoms with Crippen molar-refractivity contribution in [3.8, 4) is 11.5 Å². The van der Waals surface area contributed by atoms with Gasteiger partial charge in [0.15, 0.2) is 20.4 Å². The van der Waals surface area contributed by atoms with E-state index in [1.165, 1.54) is 0 Å². The van der Waals surface area contributed by atoms with E-state index in [4.69, 9.17) is 28.4 Å². The van der Waals surface area contributed by atoms with E-state index in [9.17, 15) is 4.79 Å². The van der Waals surface area contributed by atoms with Gasteiger partial charge in [0, 0.05) is 6.54 Å². The molecule has 2 aromatic carbocycles. The Kier molecular flexibility index (Phi) is 13.7. The lowest BCUT2D eigenvalue weighted by Crippen LogP contribution is -2.35. The summed E-state index contributed by atoms with van der Waals surface area (Å²) >= 11 is 0. The molecule has 0 N–H and O–H groups in total. The standard InChI is InChI=1S/C27H40N2O7/c1-6-7-14-26(23-11-9-13-25(16-23)32-5)29(17-22-10-8-12-24(15-22)31-4)27(30)36-21-35-20-34-19-33-18-28(2)3/h8-13,15-16,26H,6-7,14,17-21H2,1-5H3. The number of hydrogen-bond acceptors (Lipinski definition) is 8. The van der Waals surface area contributed by atoms with Crippen molar-refractivity contribution in [3.05, 3.63) is 59.7 Å². The number of amides is 1. The summed E-state index contributed by atoms with van der Waals surface area (Å²) in [6.45, 7) is 2.71. The summed E-state index contributed by atoms with van der Waals surface area (Å²) in [5.41, 5.74) is 1.91. The molecule has 0 aliphatic heterocycles. The van der Waals surface area contributed by atoms with Gasteiger partial charge < -0.3 is 28.4 Å². The maximum Gasteiger partial charge on any atom is 0.412 e. The summed E-state index contributed by atoms with van der Waals surface area (Å²) < 4.78 is 32.1. The van der Waals surface area contributed by atoms with Crippen molar-refractivity contribution < 1.29 is 33.2 Å². The van der Waals surface area contributed by atoms with Gasteiger partial charge in [-0.1, -0.05) is 44.0 Å². The molecule has 1 unspecified atom stereocenters. The minimum Gasteiger partial charge on any atom is -0.497 e. The summed E-state index contributed by atoms with van der Waals surface area (Å²) in [6.07, 6.45) is 2.24. The Bertz CT molecular complexity index is 894. The highest BCUT2D eigenvalue weighted by Crippen LogP contribution is 2.31. The van der Waals surface area contributed by atoms with Crippen LogP contribution in [0.3, 0.4) is 0 Å². The van der Waals surface area contributed by atoms with E-state index in [1.807, 2.05) is 67.5 Å². The van der Waals surface area contributed by atoms with Crippen LogP contribution in [0.4, 0.5) is 4.79 Å². The smallest absolute Gasteiger partial charge is 0.412 e. The Hall–Kier alpha value is -2.85. The van der Waals surface area contributed by atoms with Crippen molar-refractivity contribution in [3.63, 3.8) is 0 Å². The van der Waals surface area contributed by atoms with Crippen LogP contribution in [0.5, 0.6) is 11.5 Å². The molecule has 0 spiro atoms. The average Bonchev–Trinajstić information content (AvgIpc) is 2.89. The van der Waals surface area contributed by atoms with Crippen LogP contribution in [0.2, 0.25) is 0 Å². The van der Waals surface area contributed by atoms with Crippen molar-refractivity contribution in [1.82, 2.24) is 9.80 Å². The highest BCUT2D eigenvalue weighted by Gasteiger charge is 2.27.